The Morgan fingerprint density at radius 3 is 2.80 bits per heavy atom. The van der Waals surface area contributed by atoms with Crippen LogP contribution in [-0.2, 0) is 9.59 Å². The molecule has 3 N–H and O–H groups in total. The first-order valence-electron chi connectivity index (χ1n) is 9.75. The Balaban J connectivity index is 1.49. The van der Waals surface area contributed by atoms with E-state index in [0.29, 0.717) is 23.2 Å². The predicted octanol–water partition coefficient (Wildman–Crippen LogP) is 3.61. The van der Waals surface area contributed by atoms with Crippen molar-refractivity contribution in [3.05, 3.63) is 66.6 Å². The minimum absolute atomic E-state index is 0.140. The number of nitrogens with zero attached hydrogens (tertiary/aromatic N) is 3. The predicted molar refractivity (Wildman–Crippen MR) is 114 cm³/mol. The van der Waals surface area contributed by atoms with Gasteiger partial charge in [0.05, 0.1) is 24.0 Å². The SMILES string of the molecule is C=CC(=O)Nc1cncc(-c2cccc(C(C)C(=O)Nc3cc(C4CC4)[nH]n3)c2)n1. The maximum atomic E-state index is 12.7. The zero-order valence-corrected chi connectivity index (χ0v) is 16.6. The largest absolute Gasteiger partial charge is 0.309 e. The lowest BCUT2D eigenvalue weighted by Crippen LogP contribution is -2.19. The standard InChI is InChI=1S/C22H22N6O2/c1-3-21(29)25-20-12-23-11-18(24-20)16-6-4-5-15(9-16)13(2)22(30)26-19-10-17(27-28-19)14-7-8-14/h3-6,9-14H,1,7-8H2,2H3,(H,24,25,29)(H2,26,27,28,30). The molecule has 1 aromatic carbocycles. The number of hydrogen-bond donors (Lipinski definition) is 3. The van der Waals surface area contributed by atoms with Gasteiger partial charge in [0.2, 0.25) is 11.8 Å². The summed E-state index contributed by atoms with van der Waals surface area (Å²) in [6.07, 6.45) is 6.57. The summed E-state index contributed by atoms with van der Waals surface area (Å²) in [7, 11) is 0. The molecule has 0 saturated heterocycles. The first-order chi connectivity index (χ1) is 14.5. The van der Waals surface area contributed by atoms with Gasteiger partial charge in [0.1, 0.15) is 0 Å². The monoisotopic (exact) mass is 402 g/mol. The van der Waals surface area contributed by atoms with E-state index in [1.54, 1.807) is 6.20 Å². The topological polar surface area (TPSA) is 113 Å². The average Bonchev–Trinajstić information content (AvgIpc) is 3.52. The Bertz CT molecular complexity index is 1100. The third-order valence-electron chi connectivity index (χ3n) is 5.01. The van der Waals surface area contributed by atoms with Crippen LogP contribution in [0.3, 0.4) is 0 Å². The number of nitrogens with one attached hydrogen (secondary N) is 3. The van der Waals surface area contributed by atoms with E-state index < -0.39 is 0 Å². The minimum Gasteiger partial charge on any atom is -0.309 e. The van der Waals surface area contributed by atoms with Crippen LogP contribution in [0.2, 0.25) is 0 Å². The number of rotatable bonds is 7. The quantitative estimate of drug-likeness (QED) is 0.523. The maximum Gasteiger partial charge on any atom is 0.248 e. The van der Waals surface area contributed by atoms with Gasteiger partial charge in [-0.15, -0.1) is 0 Å². The highest BCUT2D eigenvalue weighted by molar-refractivity contribution is 5.98. The molecule has 1 unspecified atom stereocenters. The zero-order chi connectivity index (χ0) is 21.1. The zero-order valence-electron chi connectivity index (χ0n) is 16.6. The van der Waals surface area contributed by atoms with Gasteiger partial charge < -0.3 is 10.6 Å². The number of amides is 2. The van der Waals surface area contributed by atoms with Crippen LogP contribution >= 0.6 is 0 Å². The van der Waals surface area contributed by atoms with E-state index in [-0.39, 0.29) is 17.7 Å². The summed E-state index contributed by atoms with van der Waals surface area (Å²) in [5.41, 5.74) is 3.30. The number of carbonyl (C=O) groups excluding carboxylic acids is 2. The molecule has 1 atom stereocenters. The van der Waals surface area contributed by atoms with Gasteiger partial charge in [0, 0.05) is 23.2 Å². The molecule has 152 valence electrons. The second-order valence-electron chi connectivity index (χ2n) is 7.30. The summed E-state index contributed by atoms with van der Waals surface area (Å²) in [5, 5.41) is 12.6. The third kappa shape index (κ3) is 4.43. The van der Waals surface area contributed by atoms with Crippen molar-refractivity contribution in [2.45, 2.75) is 31.6 Å². The van der Waals surface area contributed by atoms with Gasteiger partial charge in [-0.1, -0.05) is 24.8 Å². The summed E-state index contributed by atoms with van der Waals surface area (Å²) in [6.45, 7) is 5.27. The molecule has 0 bridgehead atoms. The lowest BCUT2D eigenvalue weighted by atomic mass is 9.97. The minimum atomic E-state index is -0.386. The van der Waals surface area contributed by atoms with Gasteiger partial charge in [-0.25, -0.2) is 4.98 Å². The molecule has 0 spiro atoms. The van der Waals surface area contributed by atoms with Crippen molar-refractivity contribution >= 4 is 23.5 Å². The van der Waals surface area contributed by atoms with E-state index in [2.05, 4.69) is 37.4 Å². The molecule has 1 aliphatic carbocycles. The molecule has 2 heterocycles. The highest BCUT2D eigenvalue weighted by atomic mass is 16.2. The number of aromatic amines is 1. The maximum absolute atomic E-state index is 12.7. The third-order valence-corrected chi connectivity index (χ3v) is 5.01. The van der Waals surface area contributed by atoms with Crippen LogP contribution in [0.15, 0.2) is 55.4 Å². The lowest BCUT2D eigenvalue weighted by Gasteiger charge is -2.13. The van der Waals surface area contributed by atoms with E-state index >= 15 is 0 Å². The highest BCUT2D eigenvalue weighted by Crippen LogP contribution is 2.39. The van der Waals surface area contributed by atoms with Crippen molar-refractivity contribution in [3.8, 4) is 11.3 Å². The molecule has 0 aliphatic heterocycles. The molecule has 2 aromatic heterocycles. The molecule has 8 nitrogen and oxygen atoms in total. The Kier molecular flexibility index (Phi) is 5.38. The number of benzene rings is 1. The molecular formula is C22H22N6O2. The van der Waals surface area contributed by atoms with Gasteiger partial charge in [0.15, 0.2) is 11.6 Å². The molecule has 8 heteroatoms. The molecule has 3 aromatic rings. The van der Waals surface area contributed by atoms with Gasteiger partial charge in [-0.2, -0.15) is 5.10 Å². The first kappa shape index (κ1) is 19.5. The number of aromatic nitrogens is 4. The van der Waals surface area contributed by atoms with Crippen LogP contribution in [0.4, 0.5) is 11.6 Å². The Labute approximate surface area is 173 Å². The summed E-state index contributed by atoms with van der Waals surface area (Å²) < 4.78 is 0. The summed E-state index contributed by atoms with van der Waals surface area (Å²) in [6, 6.07) is 9.44. The van der Waals surface area contributed by atoms with Crippen molar-refractivity contribution in [2.24, 2.45) is 0 Å². The second-order valence-corrected chi connectivity index (χ2v) is 7.30. The van der Waals surface area contributed by atoms with Gasteiger partial charge in [-0.3, -0.25) is 19.7 Å². The van der Waals surface area contributed by atoms with Crippen molar-refractivity contribution in [1.82, 2.24) is 20.2 Å². The Morgan fingerprint density at radius 1 is 1.20 bits per heavy atom. The van der Waals surface area contributed by atoms with Gasteiger partial charge in [0.25, 0.3) is 0 Å². The number of H-pyrrole nitrogens is 1. The van der Waals surface area contributed by atoms with Crippen LogP contribution in [0.25, 0.3) is 11.3 Å². The summed E-state index contributed by atoms with van der Waals surface area (Å²) >= 11 is 0. The van der Waals surface area contributed by atoms with E-state index in [1.807, 2.05) is 37.3 Å². The Hall–Kier alpha value is -3.81. The first-order valence-corrected chi connectivity index (χ1v) is 9.75. The number of anilines is 2. The van der Waals surface area contributed by atoms with Crippen LogP contribution in [0.1, 0.15) is 42.9 Å². The van der Waals surface area contributed by atoms with Gasteiger partial charge >= 0.3 is 0 Å². The van der Waals surface area contributed by atoms with Crippen molar-refractivity contribution in [1.29, 1.82) is 0 Å². The molecule has 4 rings (SSSR count). The van der Waals surface area contributed by atoms with Crippen LogP contribution < -0.4 is 10.6 Å². The molecular weight excluding hydrogens is 380 g/mol. The molecule has 1 fully saturated rings. The number of carbonyl (C=O) groups is 2. The lowest BCUT2D eigenvalue weighted by molar-refractivity contribution is -0.117. The van der Waals surface area contributed by atoms with Crippen LogP contribution in [-0.4, -0.2) is 32.0 Å². The van der Waals surface area contributed by atoms with Crippen molar-refractivity contribution < 1.29 is 9.59 Å². The number of hydrogen-bond acceptors (Lipinski definition) is 5. The summed E-state index contributed by atoms with van der Waals surface area (Å²) in [5.74, 6) is 0.538. The van der Waals surface area contributed by atoms with Gasteiger partial charge in [-0.05, 0) is 37.5 Å². The van der Waals surface area contributed by atoms with Crippen molar-refractivity contribution in [2.75, 3.05) is 10.6 Å². The van der Waals surface area contributed by atoms with E-state index in [4.69, 9.17) is 0 Å². The van der Waals surface area contributed by atoms with Crippen molar-refractivity contribution in [3.63, 3.8) is 0 Å². The van der Waals surface area contributed by atoms with Crippen LogP contribution in [0.5, 0.6) is 0 Å². The average molecular weight is 402 g/mol. The second kappa shape index (κ2) is 8.28. The Morgan fingerprint density at radius 2 is 2.03 bits per heavy atom. The van der Waals surface area contributed by atoms with E-state index in [1.165, 1.54) is 25.1 Å². The molecule has 1 saturated carbocycles. The summed E-state index contributed by atoms with van der Waals surface area (Å²) in [4.78, 5) is 32.7. The van der Waals surface area contributed by atoms with E-state index in [9.17, 15) is 9.59 Å². The van der Waals surface area contributed by atoms with Crippen LogP contribution in [0, 0.1) is 0 Å². The molecule has 30 heavy (non-hydrogen) atoms. The fourth-order valence-corrected chi connectivity index (χ4v) is 3.10. The fraction of sp³-hybridized carbons (Fsp3) is 0.227. The molecule has 0 radical (unpaired) electrons. The smallest absolute Gasteiger partial charge is 0.248 e. The van der Waals surface area contributed by atoms with E-state index in [0.717, 1.165) is 16.8 Å². The molecule has 1 aliphatic rings. The normalized spacial score (nSPS) is 14.0. The molecule has 2 amide bonds. The highest BCUT2D eigenvalue weighted by Gasteiger charge is 2.26. The fourth-order valence-electron chi connectivity index (χ4n) is 3.10.